The number of hydrogen-bond donors (Lipinski definition) is 1. The van der Waals surface area contributed by atoms with E-state index in [2.05, 4.69) is 25.7 Å². The molecule has 0 spiro atoms. The van der Waals surface area contributed by atoms with E-state index in [1.807, 2.05) is 0 Å². The second-order valence-electron chi connectivity index (χ2n) is 7.01. The quantitative estimate of drug-likeness (QED) is 0.698. The molecule has 2 aliphatic rings. The third-order valence-electron chi connectivity index (χ3n) is 4.56. The highest BCUT2D eigenvalue weighted by Crippen LogP contribution is 2.44. The molecule has 0 saturated heterocycles. The predicted octanol–water partition coefficient (Wildman–Crippen LogP) is 2.35. The number of hydrogen-bond acceptors (Lipinski definition) is 2. The summed E-state index contributed by atoms with van der Waals surface area (Å²) in [5.41, 5.74) is 0. The van der Waals surface area contributed by atoms with Gasteiger partial charge in [-0.1, -0.05) is 20.4 Å². The van der Waals surface area contributed by atoms with Gasteiger partial charge in [0.05, 0.1) is 0 Å². The topological polar surface area (TPSA) is 49.4 Å². The Bertz CT molecular complexity index is 399. The highest BCUT2D eigenvalue weighted by molar-refractivity contribution is 5.92. The summed E-state index contributed by atoms with van der Waals surface area (Å²) in [5.74, 6) is 1.51. The van der Waals surface area contributed by atoms with Crippen molar-refractivity contribution < 1.29 is 9.59 Å². The van der Waals surface area contributed by atoms with E-state index < -0.39 is 6.04 Å². The van der Waals surface area contributed by atoms with E-state index in [1.165, 1.54) is 36.7 Å². The zero-order valence-corrected chi connectivity index (χ0v) is 13.5. The van der Waals surface area contributed by atoms with Crippen molar-refractivity contribution in [3.63, 3.8) is 0 Å². The van der Waals surface area contributed by atoms with Gasteiger partial charge in [-0.15, -0.1) is 0 Å². The van der Waals surface area contributed by atoms with Crippen LogP contribution in [-0.4, -0.2) is 35.8 Å². The lowest BCUT2D eigenvalue weighted by molar-refractivity contribution is -0.136. The van der Waals surface area contributed by atoms with E-state index in [0.717, 1.165) is 0 Å². The number of likely N-dealkylation sites (N-methyl/N-ethyl adjacent to an activating group) is 1. The molecule has 4 heteroatoms. The van der Waals surface area contributed by atoms with Crippen LogP contribution in [0.1, 0.15) is 46.0 Å². The first-order valence-electron chi connectivity index (χ1n) is 8.13. The van der Waals surface area contributed by atoms with E-state index in [1.54, 1.807) is 7.05 Å². The zero-order chi connectivity index (χ0) is 15.6. The molecule has 21 heavy (non-hydrogen) atoms. The number of rotatable bonds is 8. The lowest BCUT2D eigenvalue weighted by atomic mass is 10.00. The van der Waals surface area contributed by atoms with Crippen molar-refractivity contribution in [1.82, 2.24) is 10.2 Å². The zero-order valence-electron chi connectivity index (χ0n) is 13.5. The van der Waals surface area contributed by atoms with Crippen LogP contribution in [0.5, 0.6) is 0 Å². The molecular formula is C17H28N2O2. The van der Waals surface area contributed by atoms with Gasteiger partial charge in [0.2, 0.25) is 11.8 Å². The Morgan fingerprint density at radius 1 is 1.24 bits per heavy atom. The molecule has 1 N–H and O–H groups in total. The van der Waals surface area contributed by atoms with Crippen LogP contribution < -0.4 is 5.32 Å². The number of carbonyl (C=O) groups excluding carboxylic acids is 2. The van der Waals surface area contributed by atoms with Crippen molar-refractivity contribution in [2.75, 3.05) is 7.05 Å². The normalized spacial score (nSPS) is 19.5. The summed E-state index contributed by atoms with van der Waals surface area (Å²) in [5, 5.41) is 3.24. The van der Waals surface area contributed by atoms with Gasteiger partial charge in [0.15, 0.2) is 0 Å². The average molecular weight is 292 g/mol. The van der Waals surface area contributed by atoms with Gasteiger partial charge in [0.1, 0.15) is 6.04 Å². The van der Waals surface area contributed by atoms with E-state index in [4.69, 9.17) is 0 Å². The smallest absolute Gasteiger partial charge is 0.246 e. The maximum absolute atomic E-state index is 12.7. The van der Waals surface area contributed by atoms with Crippen LogP contribution in [0.15, 0.2) is 12.7 Å². The molecule has 0 aromatic heterocycles. The van der Waals surface area contributed by atoms with Crippen molar-refractivity contribution >= 4 is 11.8 Å². The largest absolute Gasteiger partial charge is 0.351 e. The van der Waals surface area contributed by atoms with Gasteiger partial charge in [-0.25, -0.2) is 0 Å². The highest BCUT2D eigenvalue weighted by atomic mass is 16.2. The fraction of sp³-hybridized carbons (Fsp3) is 0.765. The minimum atomic E-state index is -0.393. The monoisotopic (exact) mass is 292 g/mol. The van der Waals surface area contributed by atoms with Crippen LogP contribution in [-0.2, 0) is 9.59 Å². The fourth-order valence-electron chi connectivity index (χ4n) is 2.98. The van der Waals surface area contributed by atoms with Gasteiger partial charge in [-0.2, -0.15) is 0 Å². The number of nitrogens with zero attached hydrogens (tertiary/aromatic N) is 1. The summed E-state index contributed by atoms with van der Waals surface area (Å²) in [4.78, 5) is 26.0. The third-order valence-corrected chi connectivity index (χ3v) is 4.56. The van der Waals surface area contributed by atoms with Gasteiger partial charge in [0, 0.05) is 13.1 Å². The Balaban J connectivity index is 2.01. The molecule has 2 saturated carbocycles. The molecule has 0 aromatic rings. The molecule has 2 amide bonds. The number of amides is 2. The minimum Gasteiger partial charge on any atom is -0.351 e. The van der Waals surface area contributed by atoms with Gasteiger partial charge < -0.3 is 10.2 Å². The van der Waals surface area contributed by atoms with E-state index in [0.29, 0.717) is 30.2 Å². The molecule has 0 radical (unpaired) electrons. The van der Waals surface area contributed by atoms with Crippen LogP contribution >= 0.6 is 0 Å². The molecule has 118 valence electrons. The summed E-state index contributed by atoms with van der Waals surface area (Å²) >= 11 is 0. The predicted molar refractivity (Wildman–Crippen MR) is 83.6 cm³/mol. The van der Waals surface area contributed by atoms with Crippen molar-refractivity contribution in [3.05, 3.63) is 12.7 Å². The summed E-state index contributed by atoms with van der Waals surface area (Å²) in [6.45, 7) is 7.67. The molecule has 1 atom stereocenters. The first kappa shape index (κ1) is 16.1. The van der Waals surface area contributed by atoms with Crippen molar-refractivity contribution in [1.29, 1.82) is 0 Å². The Hall–Kier alpha value is -1.32. The van der Waals surface area contributed by atoms with E-state index in [9.17, 15) is 9.59 Å². The molecular weight excluding hydrogens is 264 g/mol. The van der Waals surface area contributed by atoms with Crippen LogP contribution in [0.4, 0.5) is 0 Å². The molecule has 0 unspecified atom stereocenters. The fourth-order valence-corrected chi connectivity index (χ4v) is 2.98. The van der Waals surface area contributed by atoms with Crippen LogP contribution in [0, 0.1) is 17.8 Å². The molecule has 0 bridgehead atoms. The maximum Gasteiger partial charge on any atom is 0.246 e. The van der Waals surface area contributed by atoms with Crippen LogP contribution in [0.25, 0.3) is 0 Å². The lowest BCUT2D eigenvalue weighted by Gasteiger charge is -2.30. The first-order chi connectivity index (χ1) is 9.93. The summed E-state index contributed by atoms with van der Waals surface area (Å²) < 4.78 is 0. The van der Waals surface area contributed by atoms with Crippen molar-refractivity contribution in [2.24, 2.45) is 17.8 Å². The summed E-state index contributed by atoms with van der Waals surface area (Å²) in [6, 6.07) is -0.0603. The van der Waals surface area contributed by atoms with E-state index >= 15 is 0 Å². The Morgan fingerprint density at radius 3 is 2.14 bits per heavy atom. The SMILES string of the molecule is C=CC(=O)N(C)[C@H](CC(C)C)C(=O)NC(C1CC1)C1CC1. The molecule has 0 aromatic carbocycles. The second kappa shape index (κ2) is 6.63. The second-order valence-corrected chi connectivity index (χ2v) is 7.01. The third kappa shape index (κ3) is 4.32. The van der Waals surface area contributed by atoms with Crippen LogP contribution in [0.2, 0.25) is 0 Å². The molecule has 2 fully saturated rings. The van der Waals surface area contributed by atoms with Crippen molar-refractivity contribution in [2.45, 2.75) is 58.0 Å². The number of carbonyl (C=O) groups is 2. The van der Waals surface area contributed by atoms with E-state index in [-0.39, 0.29) is 11.8 Å². The Labute approximate surface area is 128 Å². The lowest BCUT2D eigenvalue weighted by Crippen LogP contribution is -2.51. The first-order valence-corrected chi connectivity index (χ1v) is 8.13. The maximum atomic E-state index is 12.7. The number of nitrogens with one attached hydrogen (secondary N) is 1. The molecule has 0 aliphatic heterocycles. The van der Waals surface area contributed by atoms with Gasteiger partial charge in [-0.05, 0) is 55.9 Å². The van der Waals surface area contributed by atoms with Gasteiger partial charge in [-0.3, -0.25) is 9.59 Å². The average Bonchev–Trinajstić information content (AvgIpc) is 3.31. The summed E-state index contributed by atoms with van der Waals surface area (Å²) in [7, 11) is 1.69. The van der Waals surface area contributed by atoms with Crippen LogP contribution in [0.3, 0.4) is 0 Å². The molecule has 4 nitrogen and oxygen atoms in total. The molecule has 2 aliphatic carbocycles. The molecule has 2 rings (SSSR count). The highest BCUT2D eigenvalue weighted by Gasteiger charge is 2.43. The van der Waals surface area contributed by atoms with Gasteiger partial charge in [0.25, 0.3) is 0 Å². The van der Waals surface area contributed by atoms with Crippen molar-refractivity contribution in [3.8, 4) is 0 Å². The summed E-state index contributed by atoms with van der Waals surface area (Å²) in [6.07, 6.45) is 6.90. The molecule has 0 heterocycles. The Kier molecular flexibility index (Phi) is 5.07. The standard InChI is InChI=1S/C17H28N2O2/c1-5-15(20)19(4)14(10-11(2)3)17(21)18-16(12-6-7-12)13-8-9-13/h5,11-14,16H,1,6-10H2,2-4H3,(H,18,21)/t14-/m1/s1. The minimum absolute atomic E-state index is 0.00481. The van der Waals surface area contributed by atoms with Gasteiger partial charge >= 0.3 is 0 Å². The Morgan fingerprint density at radius 2 is 1.76 bits per heavy atom.